The Bertz CT molecular complexity index is 511. The van der Waals surface area contributed by atoms with Crippen molar-refractivity contribution in [3.05, 3.63) is 6.33 Å². The molecule has 1 unspecified atom stereocenters. The van der Waals surface area contributed by atoms with Gasteiger partial charge in [0.05, 0.1) is 6.04 Å². The van der Waals surface area contributed by atoms with Gasteiger partial charge in [0.1, 0.15) is 6.33 Å². The van der Waals surface area contributed by atoms with Crippen molar-refractivity contribution >= 4 is 39.6 Å². The van der Waals surface area contributed by atoms with E-state index < -0.39 is 0 Å². The summed E-state index contributed by atoms with van der Waals surface area (Å²) < 4.78 is 3.06. The average molecular weight is 360 g/mol. The fourth-order valence-corrected chi connectivity index (χ4v) is 2.50. The SMILES string of the molecule is CCCC(CCCI)n1nnc2c(N)ncnc21. The van der Waals surface area contributed by atoms with Crippen molar-refractivity contribution in [2.24, 2.45) is 0 Å². The van der Waals surface area contributed by atoms with E-state index >= 15 is 0 Å². The molecule has 0 spiro atoms. The number of nitrogens with two attached hydrogens (primary N) is 1. The molecule has 0 aromatic carbocycles. The second-order valence-corrected chi connectivity index (χ2v) is 5.32. The Hall–Kier alpha value is -0.990. The van der Waals surface area contributed by atoms with Crippen molar-refractivity contribution in [2.75, 3.05) is 10.2 Å². The molecule has 2 aromatic heterocycles. The molecule has 0 saturated heterocycles. The van der Waals surface area contributed by atoms with Crippen molar-refractivity contribution in [2.45, 2.75) is 38.6 Å². The van der Waals surface area contributed by atoms with Crippen molar-refractivity contribution in [3.8, 4) is 0 Å². The highest BCUT2D eigenvalue weighted by Gasteiger charge is 2.17. The minimum atomic E-state index is 0.351. The Labute approximate surface area is 120 Å². The monoisotopic (exact) mass is 360 g/mol. The van der Waals surface area contributed by atoms with Crippen molar-refractivity contribution < 1.29 is 0 Å². The van der Waals surface area contributed by atoms with Crippen LogP contribution in [0.4, 0.5) is 5.82 Å². The maximum atomic E-state index is 5.78. The zero-order valence-corrected chi connectivity index (χ0v) is 12.5. The quantitative estimate of drug-likeness (QED) is 0.632. The first-order valence-corrected chi connectivity index (χ1v) is 7.67. The molecule has 0 aliphatic heterocycles. The maximum Gasteiger partial charge on any atom is 0.184 e. The first kappa shape index (κ1) is 13.4. The Morgan fingerprint density at radius 3 is 2.94 bits per heavy atom. The van der Waals surface area contributed by atoms with Gasteiger partial charge in [-0.15, -0.1) is 5.10 Å². The van der Waals surface area contributed by atoms with Gasteiger partial charge in [-0.2, -0.15) is 0 Å². The summed E-state index contributed by atoms with van der Waals surface area (Å²) in [5, 5.41) is 8.30. The summed E-state index contributed by atoms with van der Waals surface area (Å²) in [4.78, 5) is 8.20. The molecule has 0 fully saturated rings. The average Bonchev–Trinajstić information content (AvgIpc) is 2.80. The third-order valence-electron chi connectivity index (χ3n) is 2.93. The minimum Gasteiger partial charge on any atom is -0.382 e. The molecule has 2 aromatic rings. The van der Waals surface area contributed by atoms with Crippen LogP contribution in [0.2, 0.25) is 0 Å². The normalized spacial score (nSPS) is 13.0. The van der Waals surface area contributed by atoms with Crippen LogP contribution in [0.15, 0.2) is 6.33 Å². The summed E-state index contributed by atoms with van der Waals surface area (Å²) >= 11 is 2.40. The van der Waals surface area contributed by atoms with E-state index in [1.54, 1.807) is 0 Å². The van der Waals surface area contributed by atoms with Crippen LogP contribution < -0.4 is 5.73 Å². The van der Waals surface area contributed by atoms with Gasteiger partial charge >= 0.3 is 0 Å². The highest BCUT2D eigenvalue weighted by Crippen LogP contribution is 2.24. The number of rotatable bonds is 6. The van der Waals surface area contributed by atoms with E-state index in [2.05, 4.69) is 49.8 Å². The third-order valence-corrected chi connectivity index (χ3v) is 3.69. The lowest BCUT2D eigenvalue weighted by Gasteiger charge is -2.15. The number of alkyl halides is 1. The lowest BCUT2D eigenvalue weighted by atomic mass is 10.1. The largest absolute Gasteiger partial charge is 0.382 e. The molecule has 2 rings (SSSR count). The molecule has 6 nitrogen and oxygen atoms in total. The summed E-state index contributed by atoms with van der Waals surface area (Å²) in [6.45, 7) is 2.18. The zero-order valence-electron chi connectivity index (χ0n) is 10.4. The Morgan fingerprint density at radius 2 is 2.22 bits per heavy atom. The second kappa shape index (κ2) is 6.26. The van der Waals surface area contributed by atoms with E-state index in [0.29, 0.717) is 17.4 Å². The Balaban J connectivity index is 2.34. The molecule has 0 radical (unpaired) electrons. The van der Waals surface area contributed by atoms with E-state index in [1.807, 2.05) is 4.68 Å². The number of anilines is 1. The summed E-state index contributed by atoms with van der Waals surface area (Å²) in [5.74, 6) is 0.399. The van der Waals surface area contributed by atoms with Gasteiger partial charge in [-0.3, -0.25) is 0 Å². The molecule has 1 atom stereocenters. The van der Waals surface area contributed by atoms with Crippen LogP contribution in [0.3, 0.4) is 0 Å². The first-order valence-electron chi connectivity index (χ1n) is 6.15. The van der Waals surface area contributed by atoms with Gasteiger partial charge in [-0.25, -0.2) is 14.6 Å². The van der Waals surface area contributed by atoms with Gasteiger partial charge in [-0.05, 0) is 23.7 Å². The highest BCUT2D eigenvalue weighted by molar-refractivity contribution is 14.1. The van der Waals surface area contributed by atoms with E-state index in [9.17, 15) is 0 Å². The molecule has 7 heteroatoms. The van der Waals surface area contributed by atoms with Gasteiger partial charge in [0, 0.05) is 0 Å². The van der Waals surface area contributed by atoms with Crippen molar-refractivity contribution in [1.82, 2.24) is 25.0 Å². The molecular formula is C11H17IN6. The number of hydrogen-bond donors (Lipinski definition) is 1. The molecule has 98 valence electrons. The Morgan fingerprint density at radius 1 is 1.39 bits per heavy atom. The van der Waals surface area contributed by atoms with E-state index in [-0.39, 0.29) is 0 Å². The van der Waals surface area contributed by atoms with Crippen LogP contribution in [0.1, 0.15) is 38.6 Å². The Kier molecular flexibility index (Phi) is 4.67. The summed E-state index contributed by atoms with van der Waals surface area (Å²) in [7, 11) is 0. The van der Waals surface area contributed by atoms with Gasteiger partial charge in [-0.1, -0.05) is 41.1 Å². The molecule has 0 aliphatic carbocycles. The van der Waals surface area contributed by atoms with Crippen LogP contribution in [0.25, 0.3) is 11.2 Å². The van der Waals surface area contributed by atoms with Gasteiger partial charge in [0.15, 0.2) is 17.0 Å². The number of fused-ring (bicyclic) bond motifs is 1. The topological polar surface area (TPSA) is 82.5 Å². The standard InChI is InChI=1S/C11H17IN6/c1-2-4-8(5-3-6-12)18-11-9(16-17-18)10(13)14-7-15-11/h7-8H,2-6H2,1H3,(H2,13,14,15). The molecule has 2 heterocycles. The van der Waals surface area contributed by atoms with Crippen LogP contribution in [-0.2, 0) is 0 Å². The number of nitrogen functional groups attached to an aromatic ring is 1. The lowest BCUT2D eigenvalue weighted by molar-refractivity contribution is 0.393. The van der Waals surface area contributed by atoms with Gasteiger partial charge in [0.2, 0.25) is 0 Å². The number of halogens is 1. The van der Waals surface area contributed by atoms with Crippen LogP contribution in [0.5, 0.6) is 0 Å². The van der Waals surface area contributed by atoms with Crippen LogP contribution in [0, 0.1) is 0 Å². The molecule has 2 N–H and O–H groups in total. The highest BCUT2D eigenvalue weighted by atomic mass is 127. The van der Waals surface area contributed by atoms with Crippen molar-refractivity contribution in [3.63, 3.8) is 0 Å². The van der Waals surface area contributed by atoms with Crippen LogP contribution in [-0.4, -0.2) is 29.4 Å². The second-order valence-electron chi connectivity index (χ2n) is 4.24. The number of aromatic nitrogens is 5. The van der Waals surface area contributed by atoms with Crippen molar-refractivity contribution in [1.29, 1.82) is 0 Å². The molecule has 0 amide bonds. The zero-order chi connectivity index (χ0) is 13.0. The molecule has 18 heavy (non-hydrogen) atoms. The predicted octanol–water partition coefficient (Wildman–Crippen LogP) is 2.36. The lowest BCUT2D eigenvalue weighted by Crippen LogP contribution is -2.12. The maximum absolute atomic E-state index is 5.78. The van der Waals surface area contributed by atoms with Gasteiger partial charge in [0.25, 0.3) is 0 Å². The minimum absolute atomic E-state index is 0.351. The summed E-state index contributed by atoms with van der Waals surface area (Å²) in [6.07, 6.45) is 5.94. The van der Waals surface area contributed by atoms with Gasteiger partial charge < -0.3 is 5.73 Å². The fraction of sp³-hybridized carbons (Fsp3) is 0.636. The third kappa shape index (κ3) is 2.70. The van der Waals surface area contributed by atoms with E-state index in [1.165, 1.54) is 12.7 Å². The molecule has 0 aliphatic rings. The summed E-state index contributed by atoms with van der Waals surface area (Å²) in [5.41, 5.74) is 7.13. The number of hydrogen-bond acceptors (Lipinski definition) is 5. The smallest absolute Gasteiger partial charge is 0.184 e. The first-order chi connectivity index (χ1) is 8.77. The van der Waals surface area contributed by atoms with E-state index in [4.69, 9.17) is 5.73 Å². The van der Waals surface area contributed by atoms with Crippen LogP contribution >= 0.6 is 22.6 Å². The molecular weight excluding hydrogens is 343 g/mol. The summed E-state index contributed by atoms with van der Waals surface area (Å²) in [6, 6.07) is 0.351. The predicted molar refractivity (Wildman–Crippen MR) is 79.6 cm³/mol. The van der Waals surface area contributed by atoms with E-state index in [0.717, 1.165) is 29.3 Å². The molecule has 0 bridgehead atoms. The molecule has 0 saturated carbocycles. The fourth-order valence-electron chi connectivity index (χ4n) is 2.06. The number of nitrogens with zero attached hydrogens (tertiary/aromatic N) is 5.